The van der Waals surface area contributed by atoms with Gasteiger partial charge in [0.15, 0.2) is 5.60 Å². The highest BCUT2D eigenvalue weighted by atomic mass is 16.3. The zero-order valence-corrected chi connectivity index (χ0v) is 13.0. The van der Waals surface area contributed by atoms with Crippen molar-refractivity contribution in [2.24, 2.45) is 5.92 Å². The highest BCUT2D eigenvalue weighted by molar-refractivity contribution is 5.86. The average Bonchev–Trinajstić information content (AvgIpc) is 2.43. The fraction of sp³-hybridized carbons (Fsp3) is 0.938. The molecule has 0 unspecified atom stereocenters. The van der Waals surface area contributed by atoms with E-state index in [2.05, 4.69) is 5.32 Å². The fourth-order valence-corrected chi connectivity index (χ4v) is 3.46. The van der Waals surface area contributed by atoms with E-state index in [9.17, 15) is 9.90 Å². The molecular formula is C16H30N2O2. The molecule has 0 aromatic heterocycles. The van der Waals surface area contributed by atoms with Gasteiger partial charge in [0.1, 0.15) is 0 Å². The first-order valence-electron chi connectivity index (χ1n) is 8.26. The zero-order valence-electron chi connectivity index (χ0n) is 13.0. The second-order valence-electron chi connectivity index (χ2n) is 6.93. The Hall–Kier alpha value is -0.610. The Labute approximate surface area is 122 Å². The summed E-state index contributed by atoms with van der Waals surface area (Å²) in [4.78, 5) is 14.5. The number of hydrogen-bond donors (Lipinski definition) is 2. The van der Waals surface area contributed by atoms with E-state index < -0.39 is 5.60 Å². The van der Waals surface area contributed by atoms with Crippen LogP contribution in [0.15, 0.2) is 0 Å². The highest BCUT2D eigenvalue weighted by Crippen LogP contribution is 2.28. The second kappa shape index (κ2) is 6.90. The Morgan fingerprint density at radius 3 is 2.65 bits per heavy atom. The van der Waals surface area contributed by atoms with Gasteiger partial charge in [-0.3, -0.25) is 4.79 Å². The molecular weight excluding hydrogens is 252 g/mol. The Balaban J connectivity index is 1.91. The van der Waals surface area contributed by atoms with Crippen molar-refractivity contribution >= 4 is 5.91 Å². The molecule has 2 aliphatic rings. The number of aliphatic hydroxyl groups is 1. The predicted octanol–water partition coefficient (Wildman–Crippen LogP) is 1.92. The quantitative estimate of drug-likeness (QED) is 0.810. The monoisotopic (exact) mass is 282 g/mol. The Morgan fingerprint density at radius 2 is 2.00 bits per heavy atom. The van der Waals surface area contributed by atoms with Crippen LogP contribution in [0.2, 0.25) is 0 Å². The zero-order chi connectivity index (χ0) is 14.6. The minimum Gasteiger partial charge on any atom is -0.379 e. The van der Waals surface area contributed by atoms with Gasteiger partial charge in [0.05, 0.1) is 0 Å². The van der Waals surface area contributed by atoms with Crippen LogP contribution in [0.4, 0.5) is 0 Å². The lowest BCUT2D eigenvalue weighted by atomic mass is 9.86. The summed E-state index contributed by atoms with van der Waals surface area (Å²) in [6.07, 6.45) is 7.92. The molecule has 0 bridgehead atoms. The first-order chi connectivity index (χ1) is 9.51. The van der Waals surface area contributed by atoms with Crippen molar-refractivity contribution < 1.29 is 9.90 Å². The molecule has 4 heteroatoms. The molecule has 1 heterocycles. The number of nitrogens with zero attached hydrogens (tertiary/aromatic N) is 1. The molecule has 116 valence electrons. The van der Waals surface area contributed by atoms with Crippen molar-refractivity contribution in [3.8, 4) is 0 Å². The molecule has 1 aliphatic carbocycles. The topological polar surface area (TPSA) is 52.6 Å². The number of carbonyl (C=O) groups excluding carboxylic acids is 1. The third-order valence-electron chi connectivity index (χ3n) is 4.71. The molecule has 1 amide bonds. The van der Waals surface area contributed by atoms with Crippen LogP contribution >= 0.6 is 0 Å². The van der Waals surface area contributed by atoms with Crippen LogP contribution in [0.25, 0.3) is 0 Å². The number of nitrogens with one attached hydrogen (secondary N) is 1. The van der Waals surface area contributed by atoms with Crippen molar-refractivity contribution in [2.75, 3.05) is 19.6 Å². The molecule has 1 aliphatic heterocycles. The van der Waals surface area contributed by atoms with Crippen molar-refractivity contribution in [3.63, 3.8) is 0 Å². The molecule has 0 aromatic rings. The minimum absolute atomic E-state index is 0.0533. The van der Waals surface area contributed by atoms with Gasteiger partial charge in [-0.05, 0) is 31.6 Å². The van der Waals surface area contributed by atoms with E-state index in [1.165, 1.54) is 32.1 Å². The molecule has 0 spiro atoms. The Morgan fingerprint density at radius 1 is 1.30 bits per heavy atom. The molecule has 1 atom stereocenters. The molecule has 2 N–H and O–H groups in total. The Bertz CT molecular complexity index is 326. The van der Waals surface area contributed by atoms with Crippen molar-refractivity contribution in [3.05, 3.63) is 0 Å². The molecule has 2 rings (SSSR count). The fourth-order valence-electron chi connectivity index (χ4n) is 3.46. The first kappa shape index (κ1) is 15.8. The number of carbonyl (C=O) groups is 1. The van der Waals surface area contributed by atoms with Crippen LogP contribution < -0.4 is 5.32 Å². The van der Waals surface area contributed by atoms with Crippen LogP contribution in [0, 0.1) is 5.92 Å². The molecule has 1 saturated carbocycles. The van der Waals surface area contributed by atoms with E-state index in [4.69, 9.17) is 0 Å². The van der Waals surface area contributed by atoms with Crippen molar-refractivity contribution in [1.29, 1.82) is 0 Å². The molecule has 0 radical (unpaired) electrons. The SMILES string of the molecule is CC(C)NC[C@]1(O)CCCN(CC2CCCCC2)C1=O. The first-order valence-corrected chi connectivity index (χ1v) is 8.26. The third kappa shape index (κ3) is 3.95. The molecule has 20 heavy (non-hydrogen) atoms. The largest absolute Gasteiger partial charge is 0.379 e. The lowest BCUT2D eigenvalue weighted by molar-refractivity contribution is -0.157. The molecule has 2 fully saturated rings. The summed E-state index contributed by atoms with van der Waals surface area (Å²) < 4.78 is 0. The van der Waals surface area contributed by atoms with Gasteiger partial charge in [-0.15, -0.1) is 0 Å². The van der Waals surface area contributed by atoms with Gasteiger partial charge in [0.2, 0.25) is 0 Å². The summed E-state index contributed by atoms with van der Waals surface area (Å²) in [5, 5.41) is 13.8. The molecule has 4 nitrogen and oxygen atoms in total. The highest BCUT2D eigenvalue weighted by Gasteiger charge is 2.42. The number of hydrogen-bond acceptors (Lipinski definition) is 3. The third-order valence-corrected chi connectivity index (χ3v) is 4.71. The van der Waals surface area contributed by atoms with E-state index in [1.54, 1.807) is 0 Å². The molecule has 0 aromatic carbocycles. The van der Waals surface area contributed by atoms with E-state index in [0.717, 1.165) is 19.5 Å². The number of rotatable bonds is 5. The van der Waals surface area contributed by atoms with Gasteiger partial charge in [0.25, 0.3) is 5.91 Å². The van der Waals surface area contributed by atoms with Gasteiger partial charge in [-0.25, -0.2) is 0 Å². The van der Waals surface area contributed by atoms with Gasteiger partial charge in [0, 0.05) is 25.7 Å². The minimum atomic E-state index is -1.18. The number of amides is 1. The summed E-state index contributed by atoms with van der Waals surface area (Å²) in [5.41, 5.74) is -1.18. The van der Waals surface area contributed by atoms with Gasteiger partial charge < -0.3 is 15.3 Å². The maximum Gasteiger partial charge on any atom is 0.255 e. The normalized spacial score (nSPS) is 29.2. The van der Waals surface area contributed by atoms with E-state index >= 15 is 0 Å². The smallest absolute Gasteiger partial charge is 0.255 e. The van der Waals surface area contributed by atoms with Crippen LogP contribution in [0.3, 0.4) is 0 Å². The lowest BCUT2D eigenvalue weighted by Crippen LogP contribution is -2.59. The van der Waals surface area contributed by atoms with E-state index in [1.807, 2.05) is 18.7 Å². The van der Waals surface area contributed by atoms with E-state index in [-0.39, 0.29) is 5.91 Å². The summed E-state index contributed by atoms with van der Waals surface area (Å²) >= 11 is 0. The van der Waals surface area contributed by atoms with Crippen LogP contribution in [0.5, 0.6) is 0 Å². The average molecular weight is 282 g/mol. The summed E-state index contributed by atoms with van der Waals surface area (Å²) in [6, 6.07) is 0.292. The van der Waals surface area contributed by atoms with E-state index in [0.29, 0.717) is 24.9 Å². The van der Waals surface area contributed by atoms with Gasteiger partial charge in [-0.1, -0.05) is 33.1 Å². The lowest BCUT2D eigenvalue weighted by Gasteiger charge is -2.40. The molecule has 1 saturated heterocycles. The Kier molecular flexibility index (Phi) is 5.44. The van der Waals surface area contributed by atoms with Crippen molar-refractivity contribution in [1.82, 2.24) is 10.2 Å². The summed E-state index contributed by atoms with van der Waals surface area (Å²) in [5.74, 6) is 0.593. The maximum absolute atomic E-state index is 12.6. The van der Waals surface area contributed by atoms with Crippen LogP contribution in [-0.4, -0.2) is 47.2 Å². The summed E-state index contributed by atoms with van der Waals surface area (Å²) in [7, 11) is 0. The number of likely N-dealkylation sites (tertiary alicyclic amines) is 1. The van der Waals surface area contributed by atoms with Gasteiger partial charge in [-0.2, -0.15) is 0 Å². The van der Waals surface area contributed by atoms with Gasteiger partial charge >= 0.3 is 0 Å². The van der Waals surface area contributed by atoms with Crippen LogP contribution in [-0.2, 0) is 4.79 Å². The summed E-state index contributed by atoms with van der Waals surface area (Å²) in [6.45, 7) is 6.12. The standard InChI is InChI=1S/C16H30N2O2/c1-13(2)17-12-16(20)9-6-10-18(15(16)19)11-14-7-4-3-5-8-14/h13-14,17,20H,3-12H2,1-2H3/t16-/m1/s1. The number of piperidine rings is 1. The second-order valence-corrected chi connectivity index (χ2v) is 6.93. The van der Waals surface area contributed by atoms with Crippen LogP contribution in [0.1, 0.15) is 58.8 Å². The van der Waals surface area contributed by atoms with Crippen molar-refractivity contribution in [2.45, 2.75) is 70.4 Å². The maximum atomic E-state index is 12.6. The predicted molar refractivity (Wildman–Crippen MR) is 80.5 cm³/mol.